The van der Waals surface area contributed by atoms with Crippen molar-refractivity contribution in [2.75, 3.05) is 26.2 Å². The van der Waals surface area contributed by atoms with Crippen LogP contribution in [0.15, 0.2) is 36.5 Å². The molecule has 0 aliphatic carbocycles. The first-order valence-corrected chi connectivity index (χ1v) is 10.3. The minimum Gasteiger partial charge on any atom is -0.336 e. The van der Waals surface area contributed by atoms with E-state index in [0.29, 0.717) is 11.5 Å². The van der Waals surface area contributed by atoms with Crippen molar-refractivity contribution < 1.29 is 4.79 Å². The van der Waals surface area contributed by atoms with Crippen LogP contribution in [0.2, 0.25) is 0 Å². The molecular formula is C23H29N5O. The predicted molar refractivity (Wildman–Crippen MR) is 114 cm³/mol. The second-order valence-corrected chi connectivity index (χ2v) is 8.28. The van der Waals surface area contributed by atoms with Crippen LogP contribution in [0.4, 0.5) is 0 Å². The number of carbonyl (C=O) groups is 1. The van der Waals surface area contributed by atoms with Crippen LogP contribution in [0.25, 0.3) is 5.65 Å². The standard InChI is InChI=1S/C23H29N5O/c1-16(2)20-7-5-19(6-8-20)15-26-9-11-27(12-10-26)23(29)21-14-24-22-13-17(3)25-28(22)18(21)4/h5-8,13-14,16H,9-12,15H2,1-4H3. The van der Waals surface area contributed by atoms with Crippen molar-refractivity contribution in [3.8, 4) is 0 Å². The summed E-state index contributed by atoms with van der Waals surface area (Å²) in [6.45, 7) is 12.5. The number of aromatic nitrogens is 3. The van der Waals surface area contributed by atoms with Crippen molar-refractivity contribution in [2.24, 2.45) is 0 Å². The third kappa shape index (κ3) is 4.03. The highest BCUT2D eigenvalue weighted by molar-refractivity contribution is 5.95. The quantitative estimate of drug-likeness (QED) is 0.684. The van der Waals surface area contributed by atoms with Crippen LogP contribution in [-0.2, 0) is 6.54 Å². The molecular weight excluding hydrogens is 362 g/mol. The SMILES string of the molecule is Cc1cc2ncc(C(=O)N3CCN(Cc4ccc(C(C)C)cc4)CC3)c(C)n2n1. The molecule has 3 aromatic rings. The predicted octanol–water partition coefficient (Wildman–Crippen LogP) is 3.43. The van der Waals surface area contributed by atoms with Gasteiger partial charge in [0.05, 0.1) is 17.0 Å². The van der Waals surface area contributed by atoms with Crippen molar-refractivity contribution >= 4 is 11.6 Å². The zero-order valence-corrected chi connectivity index (χ0v) is 17.7. The van der Waals surface area contributed by atoms with E-state index < -0.39 is 0 Å². The highest BCUT2D eigenvalue weighted by Crippen LogP contribution is 2.18. The van der Waals surface area contributed by atoms with E-state index in [1.807, 2.05) is 24.8 Å². The van der Waals surface area contributed by atoms with E-state index in [1.165, 1.54) is 11.1 Å². The summed E-state index contributed by atoms with van der Waals surface area (Å²) < 4.78 is 1.76. The fraction of sp³-hybridized carbons (Fsp3) is 0.435. The number of hydrogen-bond donors (Lipinski definition) is 0. The number of nitrogens with zero attached hydrogens (tertiary/aromatic N) is 5. The van der Waals surface area contributed by atoms with Crippen molar-refractivity contribution in [2.45, 2.75) is 40.2 Å². The maximum Gasteiger partial charge on any atom is 0.257 e. The molecule has 0 saturated carbocycles. The fourth-order valence-electron chi connectivity index (χ4n) is 3.92. The Morgan fingerprint density at radius 2 is 1.76 bits per heavy atom. The third-order valence-corrected chi connectivity index (χ3v) is 5.79. The normalized spacial score (nSPS) is 15.4. The summed E-state index contributed by atoms with van der Waals surface area (Å²) in [5.74, 6) is 0.604. The fourth-order valence-corrected chi connectivity index (χ4v) is 3.92. The third-order valence-electron chi connectivity index (χ3n) is 5.79. The van der Waals surface area contributed by atoms with Gasteiger partial charge < -0.3 is 4.90 Å². The average Bonchev–Trinajstić information content (AvgIpc) is 3.10. The van der Waals surface area contributed by atoms with Gasteiger partial charge in [0.2, 0.25) is 0 Å². The number of aryl methyl sites for hydroxylation is 2. The monoisotopic (exact) mass is 391 g/mol. The van der Waals surface area contributed by atoms with Gasteiger partial charge in [0, 0.05) is 45.0 Å². The molecule has 0 bridgehead atoms. The van der Waals surface area contributed by atoms with Crippen LogP contribution >= 0.6 is 0 Å². The molecule has 1 aliphatic rings. The van der Waals surface area contributed by atoms with E-state index >= 15 is 0 Å². The summed E-state index contributed by atoms with van der Waals surface area (Å²) in [6, 6.07) is 10.8. The lowest BCUT2D eigenvalue weighted by atomic mass is 10.0. The largest absolute Gasteiger partial charge is 0.336 e. The molecule has 0 radical (unpaired) electrons. The van der Waals surface area contributed by atoms with Gasteiger partial charge in [-0.3, -0.25) is 9.69 Å². The molecule has 2 aromatic heterocycles. The Bertz CT molecular complexity index is 1010. The van der Waals surface area contributed by atoms with Gasteiger partial charge in [-0.15, -0.1) is 0 Å². The van der Waals surface area contributed by atoms with Crippen LogP contribution in [0.3, 0.4) is 0 Å². The molecule has 1 saturated heterocycles. The average molecular weight is 392 g/mol. The first-order chi connectivity index (χ1) is 13.9. The summed E-state index contributed by atoms with van der Waals surface area (Å²) in [7, 11) is 0. The van der Waals surface area contributed by atoms with Crippen molar-refractivity contribution in [1.29, 1.82) is 0 Å². The van der Waals surface area contributed by atoms with Gasteiger partial charge >= 0.3 is 0 Å². The van der Waals surface area contributed by atoms with E-state index in [0.717, 1.165) is 49.8 Å². The molecule has 0 spiro atoms. The maximum atomic E-state index is 13.1. The molecule has 0 unspecified atom stereocenters. The zero-order chi connectivity index (χ0) is 20.5. The summed E-state index contributed by atoms with van der Waals surface area (Å²) in [5.41, 5.74) is 5.87. The summed E-state index contributed by atoms with van der Waals surface area (Å²) in [6.07, 6.45) is 1.69. The Hall–Kier alpha value is -2.73. The van der Waals surface area contributed by atoms with E-state index in [-0.39, 0.29) is 5.91 Å². The van der Waals surface area contributed by atoms with E-state index in [1.54, 1.807) is 10.7 Å². The lowest BCUT2D eigenvalue weighted by Gasteiger charge is -2.35. The van der Waals surface area contributed by atoms with Gasteiger partial charge in [-0.25, -0.2) is 9.50 Å². The molecule has 0 atom stereocenters. The van der Waals surface area contributed by atoms with E-state index in [4.69, 9.17) is 0 Å². The molecule has 6 heteroatoms. The molecule has 1 aliphatic heterocycles. The van der Waals surface area contributed by atoms with Gasteiger partial charge in [0.15, 0.2) is 5.65 Å². The topological polar surface area (TPSA) is 53.7 Å². The highest BCUT2D eigenvalue weighted by Gasteiger charge is 2.24. The Morgan fingerprint density at radius 1 is 1.07 bits per heavy atom. The van der Waals surface area contributed by atoms with Crippen LogP contribution in [-0.4, -0.2) is 56.5 Å². The molecule has 6 nitrogen and oxygen atoms in total. The smallest absolute Gasteiger partial charge is 0.257 e. The number of piperazine rings is 1. The second kappa shape index (κ2) is 7.95. The van der Waals surface area contributed by atoms with Crippen LogP contribution in [0, 0.1) is 13.8 Å². The van der Waals surface area contributed by atoms with Gasteiger partial charge in [0.25, 0.3) is 5.91 Å². The number of hydrogen-bond acceptors (Lipinski definition) is 4. The molecule has 3 heterocycles. The molecule has 4 rings (SSSR count). The first kappa shape index (κ1) is 19.6. The van der Waals surface area contributed by atoms with Gasteiger partial charge in [0.1, 0.15) is 0 Å². The van der Waals surface area contributed by atoms with Crippen LogP contribution in [0.5, 0.6) is 0 Å². The molecule has 1 aromatic carbocycles. The number of rotatable bonds is 4. The highest BCUT2D eigenvalue weighted by atomic mass is 16.2. The lowest BCUT2D eigenvalue weighted by molar-refractivity contribution is 0.0626. The number of benzene rings is 1. The Kier molecular flexibility index (Phi) is 5.37. The van der Waals surface area contributed by atoms with E-state index in [9.17, 15) is 4.79 Å². The molecule has 152 valence electrons. The Labute approximate surface area is 172 Å². The molecule has 0 N–H and O–H groups in total. The maximum absolute atomic E-state index is 13.1. The van der Waals surface area contributed by atoms with Crippen molar-refractivity contribution in [3.05, 3.63) is 64.6 Å². The minimum absolute atomic E-state index is 0.0472. The molecule has 1 fully saturated rings. The Morgan fingerprint density at radius 3 is 2.41 bits per heavy atom. The summed E-state index contributed by atoms with van der Waals surface area (Å²) in [4.78, 5) is 21.8. The zero-order valence-electron chi connectivity index (χ0n) is 17.7. The second-order valence-electron chi connectivity index (χ2n) is 8.28. The van der Waals surface area contributed by atoms with Gasteiger partial charge in [-0.2, -0.15) is 5.10 Å². The summed E-state index contributed by atoms with van der Waals surface area (Å²) >= 11 is 0. The van der Waals surface area contributed by atoms with Crippen molar-refractivity contribution in [3.63, 3.8) is 0 Å². The van der Waals surface area contributed by atoms with Crippen LogP contribution < -0.4 is 0 Å². The Balaban J connectivity index is 1.39. The van der Waals surface area contributed by atoms with Crippen molar-refractivity contribution in [1.82, 2.24) is 24.4 Å². The summed E-state index contributed by atoms with van der Waals surface area (Å²) in [5, 5.41) is 4.45. The van der Waals surface area contributed by atoms with Crippen LogP contribution in [0.1, 0.15) is 52.6 Å². The number of carbonyl (C=O) groups excluding carboxylic acids is 1. The number of amides is 1. The van der Waals surface area contributed by atoms with Gasteiger partial charge in [-0.05, 0) is 30.9 Å². The number of fused-ring (bicyclic) bond motifs is 1. The minimum atomic E-state index is 0.0472. The first-order valence-electron chi connectivity index (χ1n) is 10.3. The lowest BCUT2D eigenvalue weighted by Crippen LogP contribution is -2.48. The van der Waals surface area contributed by atoms with Gasteiger partial charge in [-0.1, -0.05) is 38.1 Å². The molecule has 1 amide bonds. The molecule has 29 heavy (non-hydrogen) atoms. The van der Waals surface area contributed by atoms with E-state index in [2.05, 4.69) is 53.1 Å².